The van der Waals surface area contributed by atoms with Crippen LogP contribution in [0, 0.1) is 12.7 Å². The number of hydrogen-bond donors (Lipinski definition) is 3. The highest BCUT2D eigenvalue weighted by atomic mass is 19.1. The van der Waals surface area contributed by atoms with Gasteiger partial charge in [0.2, 0.25) is 11.8 Å². The van der Waals surface area contributed by atoms with Crippen molar-refractivity contribution in [1.29, 1.82) is 0 Å². The monoisotopic (exact) mass is 355 g/mol. The molecule has 0 aromatic heterocycles. The van der Waals surface area contributed by atoms with Gasteiger partial charge in [0, 0.05) is 35.5 Å². The van der Waals surface area contributed by atoms with Crippen LogP contribution in [0.5, 0.6) is 0 Å². The Morgan fingerprint density at radius 3 is 2.31 bits per heavy atom. The fourth-order valence-electron chi connectivity index (χ4n) is 2.19. The summed E-state index contributed by atoms with van der Waals surface area (Å²) in [6, 6.07) is 8.99. The molecule has 0 radical (unpaired) electrons. The maximum atomic E-state index is 13.8. The number of anilines is 1. The molecular formula is C19H18FN3O3. The quantitative estimate of drug-likeness (QED) is 0.717. The Morgan fingerprint density at radius 1 is 1.08 bits per heavy atom. The third-order valence-corrected chi connectivity index (χ3v) is 3.71. The van der Waals surface area contributed by atoms with E-state index in [1.807, 2.05) is 0 Å². The highest BCUT2D eigenvalue weighted by molar-refractivity contribution is 6.03. The summed E-state index contributed by atoms with van der Waals surface area (Å²) >= 11 is 0. The van der Waals surface area contributed by atoms with Crippen molar-refractivity contribution in [2.75, 3.05) is 12.4 Å². The van der Waals surface area contributed by atoms with Crippen LogP contribution in [0.25, 0.3) is 6.08 Å². The smallest absolute Gasteiger partial charge is 0.251 e. The minimum atomic E-state index is -0.786. The Kier molecular flexibility index (Phi) is 5.85. The van der Waals surface area contributed by atoms with E-state index in [0.29, 0.717) is 11.1 Å². The largest absolute Gasteiger partial charge is 0.366 e. The first kappa shape index (κ1) is 18.9. The molecule has 7 heteroatoms. The Bertz CT molecular complexity index is 890. The standard InChI is InChI=1S/C19H18FN3O3/c1-11-15(20)9-14(18(21)25)10-16(11)23-17(24)8-5-12-3-6-13(7-4-12)19(26)22-2/h3-10H,1-2H3,(H2,21,25)(H,22,26)(H,23,24). The lowest BCUT2D eigenvalue weighted by Gasteiger charge is -2.09. The maximum Gasteiger partial charge on any atom is 0.251 e. The number of amides is 3. The van der Waals surface area contributed by atoms with Gasteiger partial charge in [0.05, 0.1) is 0 Å². The Morgan fingerprint density at radius 2 is 1.73 bits per heavy atom. The second-order valence-electron chi connectivity index (χ2n) is 5.52. The molecule has 2 rings (SSSR count). The van der Waals surface area contributed by atoms with Crippen LogP contribution in [0.2, 0.25) is 0 Å². The lowest BCUT2D eigenvalue weighted by atomic mass is 10.1. The molecule has 0 atom stereocenters. The molecule has 0 bridgehead atoms. The number of hydrogen-bond acceptors (Lipinski definition) is 3. The summed E-state index contributed by atoms with van der Waals surface area (Å²) in [6.45, 7) is 1.48. The Hall–Kier alpha value is -3.48. The summed E-state index contributed by atoms with van der Waals surface area (Å²) in [5, 5.41) is 5.03. The molecule has 3 amide bonds. The van der Waals surface area contributed by atoms with E-state index < -0.39 is 17.6 Å². The van der Waals surface area contributed by atoms with Crippen molar-refractivity contribution < 1.29 is 18.8 Å². The van der Waals surface area contributed by atoms with E-state index in [0.717, 1.165) is 6.07 Å². The molecule has 4 N–H and O–H groups in total. The van der Waals surface area contributed by atoms with Crippen molar-refractivity contribution in [1.82, 2.24) is 5.32 Å². The van der Waals surface area contributed by atoms with Gasteiger partial charge in [-0.05, 0) is 42.8 Å². The highest BCUT2D eigenvalue weighted by Crippen LogP contribution is 2.20. The average Bonchev–Trinajstić information content (AvgIpc) is 2.63. The summed E-state index contributed by atoms with van der Waals surface area (Å²) in [5.41, 5.74) is 6.70. The number of nitrogens with two attached hydrogens (primary N) is 1. The molecule has 6 nitrogen and oxygen atoms in total. The molecular weight excluding hydrogens is 337 g/mol. The lowest BCUT2D eigenvalue weighted by molar-refractivity contribution is -0.111. The van der Waals surface area contributed by atoms with Crippen LogP contribution in [-0.4, -0.2) is 24.8 Å². The molecule has 0 unspecified atom stereocenters. The van der Waals surface area contributed by atoms with Gasteiger partial charge >= 0.3 is 0 Å². The van der Waals surface area contributed by atoms with Crippen molar-refractivity contribution in [3.8, 4) is 0 Å². The molecule has 0 saturated carbocycles. The number of halogens is 1. The van der Waals surface area contributed by atoms with Gasteiger partial charge in [0.15, 0.2) is 0 Å². The van der Waals surface area contributed by atoms with Crippen molar-refractivity contribution in [3.63, 3.8) is 0 Å². The predicted octanol–water partition coefficient (Wildman–Crippen LogP) is 2.24. The fraction of sp³-hybridized carbons (Fsp3) is 0.105. The van der Waals surface area contributed by atoms with Gasteiger partial charge < -0.3 is 16.4 Å². The molecule has 0 fully saturated rings. The number of nitrogens with one attached hydrogen (secondary N) is 2. The molecule has 2 aromatic carbocycles. The lowest BCUT2D eigenvalue weighted by Crippen LogP contribution is -2.17. The van der Waals surface area contributed by atoms with E-state index >= 15 is 0 Å². The van der Waals surface area contributed by atoms with Crippen LogP contribution in [0.4, 0.5) is 10.1 Å². The van der Waals surface area contributed by atoms with Gasteiger partial charge in [0.25, 0.3) is 5.91 Å². The van der Waals surface area contributed by atoms with Gasteiger partial charge in [-0.3, -0.25) is 14.4 Å². The van der Waals surface area contributed by atoms with Crippen molar-refractivity contribution in [2.45, 2.75) is 6.92 Å². The third-order valence-electron chi connectivity index (χ3n) is 3.71. The van der Waals surface area contributed by atoms with Gasteiger partial charge in [0.1, 0.15) is 5.82 Å². The van der Waals surface area contributed by atoms with Crippen LogP contribution in [0.1, 0.15) is 31.8 Å². The zero-order valence-corrected chi connectivity index (χ0v) is 14.3. The van der Waals surface area contributed by atoms with E-state index in [4.69, 9.17) is 5.73 Å². The van der Waals surface area contributed by atoms with E-state index in [9.17, 15) is 18.8 Å². The third kappa shape index (κ3) is 4.54. The summed E-state index contributed by atoms with van der Waals surface area (Å²) in [6.07, 6.45) is 2.82. The Labute approximate surface area is 149 Å². The summed E-state index contributed by atoms with van der Waals surface area (Å²) in [4.78, 5) is 34.7. The zero-order valence-electron chi connectivity index (χ0n) is 14.3. The number of primary amides is 1. The second kappa shape index (κ2) is 8.06. The molecule has 2 aromatic rings. The Balaban J connectivity index is 2.12. The van der Waals surface area contributed by atoms with Crippen molar-refractivity contribution >= 4 is 29.5 Å². The minimum Gasteiger partial charge on any atom is -0.366 e. The zero-order chi connectivity index (χ0) is 19.3. The van der Waals surface area contributed by atoms with Crippen LogP contribution in [0.15, 0.2) is 42.5 Å². The topological polar surface area (TPSA) is 101 Å². The summed E-state index contributed by atoms with van der Waals surface area (Å²) in [7, 11) is 1.54. The molecule has 134 valence electrons. The van der Waals surface area contributed by atoms with Crippen LogP contribution < -0.4 is 16.4 Å². The first-order valence-electron chi connectivity index (χ1n) is 7.73. The highest BCUT2D eigenvalue weighted by Gasteiger charge is 2.11. The fourth-order valence-corrected chi connectivity index (χ4v) is 2.19. The van der Waals surface area contributed by atoms with Crippen molar-refractivity contribution in [2.24, 2.45) is 5.73 Å². The number of carbonyl (C=O) groups excluding carboxylic acids is 3. The second-order valence-corrected chi connectivity index (χ2v) is 5.52. The molecule has 0 spiro atoms. The van der Waals surface area contributed by atoms with Crippen LogP contribution >= 0.6 is 0 Å². The molecule has 0 saturated heterocycles. The van der Waals surface area contributed by atoms with E-state index in [-0.39, 0.29) is 22.7 Å². The van der Waals surface area contributed by atoms with Gasteiger partial charge in [-0.1, -0.05) is 12.1 Å². The SMILES string of the molecule is CNC(=O)c1ccc(C=CC(=O)Nc2cc(C(N)=O)cc(F)c2C)cc1. The molecule has 26 heavy (non-hydrogen) atoms. The normalized spacial score (nSPS) is 10.6. The number of carbonyl (C=O) groups is 3. The summed E-state index contributed by atoms with van der Waals surface area (Å²) in [5.74, 6) is -2.12. The maximum absolute atomic E-state index is 13.8. The number of benzene rings is 2. The van der Waals surface area contributed by atoms with E-state index in [1.165, 1.54) is 19.1 Å². The van der Waals surface area contributed by atoms with Crippen LogP contribution in [-0.2, 0) is 4.79 Å². The first-order valence-corrected chi connectivity index (χ1v) is 7.73. The van der Waals surface area contributed by atoms with Gasteiger partial charge in [-0.15, -0.1) is 0 Å². The molecule has 0 aliphatic heterocycles. The van der Waals surface area contributed by atoms with E-state index in [1.54, 1.807) is 37.4 Å². The average molecular weight is 355 g/mol. The van der Waals surface area contributed by atoms with Crippen LogP contribution in [0.3, 0.4) is 0 Å². The molecule has 0 heterocycles. The summed E-state index contributed by atoms with van der Waals surface area (Å²) < 4.78 is 13.8. The van der Waals surface area contributed by atoms with Gasteiger partial charge in [-0.25, -0.2) is 4.39 Å². The number of rotatable bonds is 5. The van der Waals surface area contributed by atoms with E-state index in [2.05, 4.69) is 10.6 Å². The van der Waals surface area contributed by atoms with Crippen molar-refractivity contribution in [3.05, 3.63) is 70.5 Å². The molecule has 0 aliphatic rings. The first-order chi connectivity index (χ1) is 12.3. The minimum absolute atomic E-state index is 0.0304. The predicted molar refractivity (Wildman–Crippen MR) is 97.2 cm³/mol. The van der Waals surface area contributed by atoms with Gasteiger partial charge in [-0.2, -0.15) is 0 Å². The molecule has 0 aliphatic carbocycles.